The highest BCUT2D eigenvalue weighted by Gasteiger charge is 2.70. The van der Waals surface area contributed by atoms with E-state index < -0.39 is 52.4 Å². The normalized spacial score (nSPS) is 49.1. The zero-order valence-electron chi connectivity index (χ0n) is 21.2. The van der Waals surface area contributed by atoms with Crippen molar-refractivity contribution in [1.82, 2.24) is 0 Å². The predicted octanol–water partition coefficient (Wildman–Crippen LogP) is 1.71. The van der Waals surface area contributed by atoms with Crippen LogP contribution < -0.4 is 0 Å². The highest BCUT2D eigenvalue weighted by atomic mass is 16.4. The fourth-order valence-corrected chi connectivity index (χ4v) is 8.35. The Bertz CT molecular complexity index is 852. The van der Waals surface area contributed by atoms with Gasteiger partial charge in [0.1, 0.15) is 6.10 Å². The molecule has 7 heteroatoms. The average Bonchev–Trinajstić information content (AvgIpc) is 3.04. The van der Waals surface area contributed by atoms with Crippen LogP contribution in [0.5, 0.6) is 0 Å². The topological polar surface area (TPSA) is 138 Å². The third-order valence-corrected chi connectivity index (χ3v) is 10.7. The van der Waals surface area contributed by atoms with E-state index in [0.29, 0.717) is 43.6 Å². The molecule has 6 N–H and O–H groups in total. The van der Waals surface area contributed by atoms with Gasteiger partial charge in [0.05, 0.1) is 29.5 Å². The smallest absolute Gasteiger partial charge is 0.159 e. The van der Waals surface area contributed by atoms with E-state index in [2.05, 4.69) is 13.8 Å². The number of aliphatic hydroxyl groups excluding tert-OH is 4. The van der Waals surface area contributed by atoms with Crippen LogP contribution in [0.25, 0.3) is 0 Å². The Kier molecular flexibility index (Phi) is 6.45. The summed E-state index contributed by atoms with van der Waals surface area (Å²) in [5.74, 6) is -1.14. The summed E-state index contributed by atoms with van der Waals surface area (Å²) in [7, 11) is 0. The molecule has 0 aromatic heterocycles. The van der Waals surface area contributed by atoms with Gasteiger partial charge in [0.25, 0.3) is 0 Å². The summed E-state index contributed by atoms with van der Waals surface area (Å²) in [5, 5.41) is 66.5. The van der Waals surface area contributed by atoms with Crippen LogP contribution in [0.2, 0.25) is 0 Å². The van der Waals surface area contributed by atoms with Gasteiger partial charge in [-0.2, -0.15) is 0 Å². The summed E-state index contributed by atoms with van der Waals surface area (Å²) in [4.78, 5) is 13.3. The van der Waals surface area contributed by atoms with Crippen LogP contribution >= 0.6 is 0 Å². The van der Waals surface area contributed by atoms with Crippen LogP contribution in [0, 0.1) is 34.5 Å². The fraction of sp³-hybridized carbons (Fsp3) is 0.889. The molecule has 0 aromatic carbocycles. The molecule has 0 amide bonds. The molecule has 3 fully saturated rings. The quantitative estimate of drug-likeness (QED) is 0.352. The highest BCUT2D eigenvalue weighted by molar-refractivity contribution is 5.95. The molecule has 0 saturated heterocycles. The SMILES string of the molecule is CC(C)CC[C@@H](O)[C@@](C)(O)[C@H]1CC[C@@]2(O)C3=CC(=O)C4C[C@@H](O)[C@@H](O)[C@@H](O)[C@]4(C)C3CC[C@]12C. The largest absolute Gasteiger partial charge is 0.390 e. The maximum Gasteiger partial charge on any atom is 0.159 e. The maximum atomic E-state index is 13.3. The van der Waals surface area contributed by atoms with Crippen LogP contribution in [0.1, 0.15) is 79.6 Å². The predicted molar refractivity (Wildman–Crippen MR) is 127 cm³/mol. The lowest BCUT2D eigenvalue weighted by molar-refractivity contribution is -0.204. The molecule has 0 aliphatic heterocycles. The summed E-state index contributed by atoms with van der Waals surface area (Å²) in [6.07, 6.45) is 0.185. The molecule has 0 aromatic rings. The first-order valence-corrected chi connectivity index (χ1v) is 13.0. The van der Waals surface area contributed by atoms with Crippen molar-refractivity contribution in [3.05, 3.63) is 11.6 Å². The number of aliphatic hydroxyl groups is 6. The molecule has 194 valence electrons. The Balaban J connectivity index is 1.71. The van der Waals surface area contributed by atoms with E-state index in [1.165, 1.54) is 6.08 Å². The first kappa shape index (κ1) is 26.2. The van der Waals surface area contributed by atoms with Crippen molar-refractivity contribution in [1.29, 1.82) is 0 Å². The van der Waals surface area contributed by atoms with E-state index in [0.717, 1.165) is 6.42 Å². The molecule has 11 atom stereocenters. The van der Waals surface area contributed by atoms with Gasteiger partial charge in [-0.25, -0.2) is 0 Å². The molecule has 0 radical (unpaired) electrons. The van der Waals surface area contributed by atoms with E-state index in [4.69, 9.17) is 0 Å². The van der Waals surface area contributed by atoms with Crippen LogP contribution in [0.3, 0.4) is 0 Å². The third kappa shape index (κ3) is 3.41. The van der Waals surface area contributed by atoms with E-state index in [1.807, 2.05) is 6.92 Å². The molecule has 4 aliphatic rings. The standard InChI is InChI=1S/C27H44O7/c1-14(2)6-7-21(30)26(5,33)20-9-11-27(34)16-12-18(28)17-13-19(29)22(31)23(32)25(17,4)15(16)8-10-24(20,27)3/h12,14-15,17,19-23,29-34H,6-11,13H2,1-5H3/t15?,17?,19-,20+,21-,22-,23-,24-,25-,26+,27-/m1/s1. The Morgan fingerprint density at radius 2 is 1.74 bits per heavy atom. The van der Waals surface area contributed by atoms with Crippen molar-refractivity contribution in [2.45, 2.75) is 115 Å². The number of carbonyl (C=O) groups is 1. The molecule has 2 unspecified atom stereocenters. The summed E-state index contributed by atoms with van der Waals surface area (Å²) in [6.45, 7) is 9.59. The highest BCUT2D eigenvalue weighted by Crippen LogP contribution is 2.68. The Hall–Kier alpha value is -0.830. The van der Waals surface area contributed by atoms with Gasteiger partial charge in [0.15, 0.2) is 5.78 Å². The summed E-state index contributed by atoms with van der Waals surface area (Å²) in [6, 6.07) is 0. The number of hydrogen-bond acceptors (Lipinski definition) is 7. The third-order valence-electron chi connectivity index (χ3n) is 10.7. The molecule has 0 bridgehead atoms. The zero-order valence-corrected chi connectivity index (χ0v) is 21.2. The van der Waals surface area contributed by atoms with Gasteiger partial charge in [0, 0.05) is 16.7 Å². The first-order valence-electron chi connectivity index (χ1n) is 13.0. The minimum atomic E-state index is -1.39. The van der Waals surface area contributed by atoms with Gasteiger partial charge >= 0.3 is 0 Å². The van der Waals surface area contributed by atoms with Gasteiger partial charge in [0.2, 0.25) is 0 Å². The Labute approximate surface area is 202 Å². The summed E-state index contributed by atoms with van der Waals surface area (Å²) >= 11 is 0. The maximum absolute atomic E-state index is 13.3. The molecule has 0 spiro atoms. The van der Waals surface area contributed by atoms with Crippen LogP contribution in [0.4, 0.5) is 0 Å². The second-order valence-corrected chi connectivity index (χ2v) is 12.8. The molecule has 4 aliphatic carbocycles. The van der Waals surface area contributed by atoms with Crippen molar-refractivity contribution in [2.75, 3.05) is 0 Å². The lowest BCUT2D eigenvalue weighted by Gasteiger charge is -2.61. The molecule has 4 rings (SSSR count). The van der Waals surface area contributed by atoms with Crippen molar-refractivity contribution in [3.8, 4) is 0 Å². The van der Waals surface area contributed by atoms with Crippen LogP contribution in [0.15, 0.2) is 11.6 Å². The second-order valence-electron chi connectivity index (χ2n) is 12.8. The van der Waals surface area contributed by atoms with E-state index >= 15 is 0 Å². The minimum absolute atomic E-state index is 0.0862. The monoisotopic (exact) mass is 480 g/mol. The second kappa shape index (κ2) is 8.35. The minimum Gasteiger partial charge on any atom is -0.390 e. The molecule has 0 heterocycles. The number of allylic oxidation sites excluding steroid dienone is 1. The number of fused-ring (bicyclic) bond motifs is 5. The Morgan fingerprint density at radius 3 is 2.35 bits per heavy atom. The van der Waals surface area contributed by atoms with Gasteiger partial charge < -0.3 is 30.6 Å². The van der Waals surface area contributed by atoms with Gasteiger partial charge in [-0.1, -0.05) is 27.7 Å². The van der Waals surface area contributed by atoms with Gasteiger partial charge in [-0.05, 0) is 81.3 Å². The average molecular weight is 481 g/mol. The first-order chi connectivity index (χ1) is 15.6. The molecule has 3 saturated carbocycles. The molecule has 34 heavy (non-hydrogen) atoms. The van der Waals surface area contributed by atoms with Crippen LogP contribution in [-0.4, -0.2) is 72.0 Å². The Morgan fingerprint density at radius 1 is 1.09 bits per heavy atom. The number of hydrogen-bond donors (Lipinski definition) is 6. The number of ketones is 1. The number of rotatable bonds is 5. The van der Waals surface area contributed by atoms with Crippen LogP contribution in [-0.2, 0) is 4.79 Å². The molecule has 7 nitrogen and oxygen atoms in total. The zero-order chi connectivity index (χ0) is 25.4. The van der Waals surface area contributed by atoms with E-state index in [9.17, 15) is 35.4 Å². The van der Waals surface area contributed by atoms with E-state index in [1.54, 1.807) is 13.8 Å². The lowest BCUT2D eigenvalue weighted by Crippen LogP contribution is -2.66. The van der Waals surface area contributed by atoms with E-state index in [-0.39, 0.29) is 24.0 Å². The molecular formula is C27H44O7. The van der Waals surface area contributed by atoms with Gasteiger partial charge in [-0.15, -0.1) is 0 Å². The van der Waals surface area contributed by atoms with Crippen molar-refractivity contribution >= 4 is 5.78 Å². The van der Waals surface area contributed by atoms with Crippen molar-refractivity contribution in [3.63, 3.8) is 0 Å². The van der Waals surface area contributed by atoms with Gasteiger partial charge in [-0.3, -0.25) is 4.79 Å². The number of carbonyl (C=O) groups excluding carboxylic acids is 1. The molecular weight excluding hydrogens is 436 g/mol. The lowest BCUT2D eigenvalue weighted by atomic mass is 9.45. The summed E-state index contributed by atoms with van der Waals surface area (Å²) < 4.78 is 0. The summed E-state index contributed by atoms with van der Waals surface area (Å²) in [5.41, 5.74) is -3.90. The van der Waals surface area contributed by atoms with Crippen molar-refractivity contribution < 1.29 is 35.4 Å². The fourth-order valence-electron chi connectivity index (χ4n) is 8.35. The van der Waals surface area contributed by atoms with Crippen molar-refractivity contribution in [2.24, 2.45) is 34.5 Å².